The maximum Gasteiger partial charge on any atom is 0.333 e. The molecule has 0 saturated carbocycles. The molecule has 5 nitrogen and oxygen atoms in total. The first-order valence-electron chi connectivity index (χ1n) is 7.83. The Morgan fingerprint density at radius 2 is 1.84 bits per heavy atom. The molecule has 7 heteroatoms. The Morgan fingerprint density at radius 1 is 1.12 bits per heavy atom. The first-order valence-corrected chi connectivity index (χ1v) is 8.21. The molecule has 2 aromatic carbocycles. The van der Waals surface area contributed by atoms with E-state index in [9.17, 15) is 14.0 Å². The quantitative estimate of drug-likeness (QED) is 0.711. The van der Waals surface area contributed by atoms with Gasteiger partial charge in [0.15, 0.2) is 0 Å². The summed E-state index contributed by atoms with van der Waals surface area (Å²) in [7, 11) is 0. The summed E-state index contributed by atoms with van der Waals surface area (Å²) >= 11 is 5.96. The Kier molecular flexibility index (Phi) is 6.77. The van der Waals surface area contributed by atoms with Crippen molar-refractivity contribution in [1.29, 1.82) is 0 Å². The van der Waals surface area contributed by atoms with Gasteiger partial charge < -0.3 is 5.32 Å². The zero-order valence-electron chi connectivity index (χ0n) is 13.7. The SMILES string of the molecule is CCC(NC(=O)NNC(=O)Cc1ccc(F)cc1)c1cccc(Cl)c1. The van der Waals surface area contributed by atoms with E-state index in [1.807, 2.05) is 19.1 Å². The summed E-state index contributed by atoms with van der Waals surface area (Å²) in [4.78, 5) is 23.8. The van der Waals surface area contributed by atoms with E-state index < -0.39 is 11.9 Å². The standard InChI is InChI=1S/C18H19ClFN3O2/c1-2-16(13-4-3-5-14(19)11-13)21-18(25)23-22-17(24)10-12-6-8-15(20)9-7-12/h3-9,11,16H,2,10H2,1H3,(H,22,24)(H2,21,23,25). The number of hydrogen-bond acceptors (Lipinski definition) is 2. The Hall–Kier alpha value is -2.60. The molecule has 132 valence electrons. The predicted octanol–water partition coefficient (Wildman–Crippen LogP) is 3.50. The van der Waals surface area contributed by atoms with E-state index in [1.54, 1.807) is 12.1 Å². The van der Waals surface area contributed by atoms with E-state index >= 15 is 0 Å². The molecule has 0 heterocycles. The van der Waals surface area contributed by atoms with Crippen LogP contribution in [0.15, 0.2) is 48.5 Å². The van der Waals surface area contributed by atoms with Crippen LogP contribution in [0, 0.1) is 5.82 Å². The van der Waals surface area contributed by atoms with Gasteiger partial charge >= 0.3 is 6.03 Å². The zero-order valence-corrected chi connectivity index (χ0v) is 14.4. The number of nitrogens with one attached hydrogen (secondary N) is 3. The van der Waals surface area contributed by atoms with Crippen LogP contribution in [0.5, 0.6) is 0 Å². The number of carbonyl (C=O) groups is 2. The second-order valence-corrected chi connectivity index (χ2v) is 5.90. The van der Waals surface area contributed by atoms with E-state index in [-0.39, 0.29) is 18.3 Å². The van der Waals surface area contributed by atoms with Gasteiger partial charge in [-0.25, -0.2) is 14.6 Å². The van der Waals surface area contributed by atoms with Crippen molar-refractivity contribution < 1.29 is 14.0 Å². The summed E-state index contributed by atoms with van der Waals surface area (Å²) in [5.74, 6) is -0.772. The van der Waals surface area contributed by atoms with Crippen LogP contribution in [0.1, 0.15) is 30.5 Å². The molecule has 0 radical (unpaired) electrons. The fraction of sp³-hybridized carbons (Fsp3) is 0.222. The highest BCUT2D eigenvalue weighted by Gasteiger charge is 2.13. The van der Waals surface area contributed by atoms with Gasteiger partial charge in [-0.05, 0) is 41.8 Å². The molecular weight excluding hydrogens is 345 g/mol. The fourth-order valence-electron chi connectivity index (χ4n) is 2.30. The normalized spacial score (nSPS) is 11.5. The molecule has 1 atom stereocenters. The summed E-state index contributed by atoms with van der Waals surface area (Å²) in [5, 5.41) is 3.35. The monoisotopic (exact) mass is 363 g/mol. The molecular formula is C18H19ClFN3O2. The van der Waals surface area contributed by atoms with E-state index in [0.717, 1.165) is 5.56 Å². The minimum Gasteiger partial charge on any atom is -0.330 e. The molecule has 3 amide bonds. The minimum absolute atomic E-state index is 0.0338. The van der Waals surface area contributed by atoms with Crippen molar-refractivity contribution in [2.75, 3.05) is 0 Å². The zero-order chi connectivity index (χ0) is 18.2. The van der Waals surface area contributed by atoms with Crippen molar-refractivity contribution in [3.63, 3.8) is 0 Å². The lowest BCUT2D eigenvalue weighted by molar-refractivity contribution is -0.121. The van der Waals surface area contributed by atoms with Gasteiger partial charge in [-0.1, -0.05) is 42.8 Å². The summed E-state index contributed by atoms with van der Waals surface area (Å²) in [6, 6.07) is 12.0. The number of carbonyl (C=O) groups excluding carboxylic acids is 2. The average molecular weight is 364 g/mol. The van der Waals surface area contributed by atoms with Crippen LogP contribution in [0.25, 0.3) is 0 Å². The molecule has 0 aliphatic heterocycles. The van der Waals surface area contributed by atoms with Crippen LogP contribution in [-0.4, -0.2) is 11.9 Å². The summed E-state index contributed by atoms with van der Waals surface area (Å²) in [6.07, 6.45) is 0.698. The first kappa shape index (κ1) is 18.7. The average Bonchev–Trinajstić information content (AvgIpc) is 2.60. The number of urea groups is 1. The van der Waals surface area contributed by atoms with Crippen LogP contribution in [-0.2, 0) is 11.2 Å². The topological polar surface area (TPSA) is 70.2 Å². The van der Waals surface area contributed by atoms with Gasteiger partial charge in [0.2, 0.25) is 5.91 Å². The van der Waals surface area contributed by atoms with E-state index in [0.29, 0.717) is 17.0 Å². The molecule has 0 aliphatic rings. The molecule has 3 N–H and O–H groups in total. The van der Waals surface area contributed by atoms with Crippen molar-refractivity contribution in [3.05, 3.63) is 70.5 Å². The highest BCUT2D eigenvalue weighted by Crippen LogP contribution is 2.20. The third-order valence-electron chi connectivity index (χ3n) is 3.56. The van der Waals surface area contributed by atoms with Crippen molar-refractivity contribution in [2.24, 2.45) is 0 Å². The van der Waals surface area contributed by atoms with Crippen LogP contribution in [0.4, 0.5) is 9.18 Å². The third kappa shape index (κ3) is 6.08. The highest BCUT2D eigenvalue weighted by molar-refractivity contribution is 6.30. The Balaban J connectivity index is 1.82. The van der Waals surface area contributed by atoms with E-state index in [1.165, 1.54) is 24.3 Å². The lowest BCUT2D eigenvalue weighted by Gasteiger charge is -2.18. The van der Waals surface area contributed by atoms with Gasteiger partial charge in [0.05, 0.1) is 12.5 Å². The number of amides is 3. The second kappa shape index (κ2) is 9.03. The van der Waals surface area contributed by atoms with Gasteiger partial charge in [-0.15, -0.1) is 0 Å². The largest absolute Gasteiger partial charge is 0.333 e. The van der Waals surface area contributed by atoms with Crippen LogP contribution in [0.2, 0.25) is 5.02 Å². The van der Waals surface area contributed by atoms with Crippen LogP contribution >= 0.6 is 11.6 Å². The summed E-state index contributed by atoms with van der Waals surface area (Å²) < 4.78 is 12.8. The fourth-order valence-corrected chi connectivity index (χ4v) is 2.50. The summed E-state index contributed by atoms with van der Waals surface area (Å²) in [5.41, 5.74) is 6.15. The molecule has 0 fully saturated rings. The highest BCUT2D eigenvalue weighted by atomic mass is 35.5. The predicted molar refractivity (Wildman–Crippen MR) is 94.4 cm³/mol. The lowest BCUT2D eigenvalue weighted by atomic mass is 10.1. The maximum absolute atomic E-state index is 12.8. The van der Waals surface area contributed by atoms with Crippen molar-refractivity contribution >= 4 is 23.5 Å². The smallest absolute Gasteiger partial charge is 0.330 e. The first-order chi connectivity index (χ1) is 12.0. The van der Waals surface area contributed by atoms with E-state index in [4.69, 9.17) is 11.6 Å². The maximum atomic E-state index is 12.8. The van der Waals surface area contributed by atoms with Gasteiger partial charge in [-0.2, -0.15) is 0 Å². The molecule has 1 unspecified atom stereocenters. The molecule has 0 aromatic heterocycles. The number of rotatable bonds is 5. The lowest BCUT2D eigenvalue weighted by Crippen LogP contribution is -2.48. The van der Waals surface area contributed by atoms with Crippen molar-refractivity contribution in [3.8, 4) is 0 Å². The van der Waals surface area contributed by atoms with Gasteiger partial charge in [0.25, 0.3) is 0 Å². The van der Waals surface area contributed by atoms with Gasteiger partial charge in [0.1, 0.15) is 5.82 Å². The second-order valence-electron chi connectivity index (χ2n) is 5.47. The molecule has 0 saturated heterocycles. The molecule has 0 aliphatic carbocycles. The Labute approximate surface area is 150 Å². The van der Waals surface area contributed by atoms with E-state index in [2.05, 4.69) is 16.2 Å². The Bertz CT molecular complexity index is 737. The van der Waals surface area contributed by atoms with Crippen molar-refractivity contribution in [2.45, 2.75) is 25.8 Å². The molecule has 25 heavy (non-hydrogen) atoms. The molecule has 0 spiro atoms. The Morgan fingerprint density at radius 3 is 2.48 bits per heavy atom. The number of benzene rings is 2. The third-order valence-corrected chi connectivity index (χ3v) is 3.79. The van der Waals surface area contributed by atoms with Crippen LogP contribution in [0.3, 0.4) is 0 Å². The molecule has 2 aromatic rings. The van der Waals surface area contributed by atoms with Gasteiger partial charge in [-0.3, -0.25) is 10.2 Å². The molecule has 0 bridgehead atoms. The summed E-state index contributed by atoms with van der Waals surface area (Å²) in [6.45, 7) is 1.93. The minimum atomic E-state index is -0.528. The number of hydrogen-bond donors (Lipinski definition) is 3. The number of hydrazine groups is 1. The van der Waals surface area contributed by atoms with Gasteiger partial charge in [0, 0.05) is 5.02 Å². The van der Waals surface area contributed by atoms with Crippen molar-refractivity contribution in [1.82, 2.24) is 16.2 Å². The molecule has 2 rings (SSSR count). The van der Waals surface area contributed by atoms with Crippen LogP contribution < -0.4 is 16.2 Å². The number of halogens is 2.